The molecule has 0 saturated carbocycles. The molecular weight excluding hydrogens is 568 g/mol. The van der Waals surface area contributed by atoms with Crippen molar-refractivity contribution in [2.75, 3.05) is 38.5 Å². The SMILES string of the molecule is CCCCCCCCCCCCCCCCCCOCCOP(=O)([O-])CO[C@H](CO)Cn1cnc2c(N)ncnc21.[Na+]. The molecule has 2 rings (SSSR count). The van der Waals surface area contributed by atoms with E-state index in [-0.39, 0.29) is 61.7 Å². The van der Waals surface area contributed by atoms with Gasteiger partial charge in [-0.2, -0.15) is 0 Å². The van der Waals surface area contributed by atoms with Gasteiger partial charge in [0.1, 0.15) is 18.2 Å². The summed E-state index contributed by atoms with van der Waals surface area (Å²) in [4.78, 5) is 24.3. The van der Waals surface area contributed by atoms with E-state index in [4.69, 9.17) is 19.7 Å². The van der Waals surface area contributed by atoms with E-state index < -0.39 is 20.0 Å². The van der Waals surface area contributed by atoms with Gasteiger partial charge in [0.2, 0.25) is 0 Å². The Balaban J connectivity index is 0.00000882. The summed E-state index contributed by atoms with van der Waals surface area (Å²) < 4.78 is 29.7. The van der Waals surface area contributed by atoms with Crippen LogP contribution in [-0.4, -0.2) is 63.5 Å². The van der Waals surface area contributed by atoms with Crippen LogP contribution in [0.1, 0.15) is 110 Å². The summed E-state index contributed by atoms with van der Waals surface area (Å²) in [5, 5.41) is 9.63. The van der Waals surface area contributed by atoms with E-state index in [1.165, 1.54) is 103 Å². The van der Waals surface area contributed by atoms with Gasteiger partial charge in [-0.25, -0.2) is 15.0 Å². The first-order valence-electron chi connectivity index (χ1n) is 15.6. The summed E-state index contributed by atoms with van der Waals surface area (Å²) >= 11 is 0. The van der Waals surface area contributed by atoms with E-state index in [1.807, 2.05) is 0 Å². The summed E-state index contributed by atoms with van der Waals surface area (Å²) in [6.07, 6.45) is 22.5. The maximum absolute atomic E-state index is 12.2. The molecule has 236 valence electrons. The predicted octanol–water partition coefficient (Wildman–Crippen LogP) is 2.60. The van der Waals surface area contributed by atoms with Crippen molar-refractivity contribution in [2.24, 2.45) is 0 Å². The summed E-state index contributed by atoms with van der Waals surface area (Å²) in [5.41, 5.74) is 6.69. The number of nitrogens with zero attached hydrogens (tertiary/aromatic N) is 4. The molecule has 1 unspecified atom stereocenters. The van der Waals surface area contributed by atoms with Crippen molar-refractivity contribution < 1.29 is 58.1 Å². The Morgan fingerprint density at radius 1 is 0.881 bits per heavy atom. The molecule has 0 aliphatic carbocycles. The maximum atomic E-state index is 12.2. The van der Waals surface area contributed by atoms with E-state index in [2.05, 4.69) is 21.9 Å². The number of hydrogen-bond acceptors (Lipinski definition) is 10. The number of aliphatic hydroxyl groups excluding tert-OH is 1. The smallest absolute Gasteiger partial charge is 0.777 e. The minimum atomic E-state index is -4.23. The van der Waals surface area contributed by atoms with Crippen molar-refractivity contribution in [1.29, 1.82) is 0 Å². The van der Waals surface area contributed by atoms with Crippen LogP contribution in [-0.2, 0) is 25.1 Å². The van der Waals surface area contributed by atoms with Crippen LogP contribution in [0.2, 0.25) is 0 Å². The van der Waals surface area contributed by atoms with E-state index in [0.29, 0.717) is 17.8 Å². The van der Waals surface area contributed by atoms with Gasteiger partial charge in [-0.3, -0.25) is 0 Å². The van der Waals surface area contributed by atoms with Crippen LogP contribution in [0.4, 0.5) is 5.82 Å². The van der Waals surface area contributed by atoms with Crippen molar-refractivity contribution in [1.82, 2.24) is 19.5 Å². The zero-order valence-electron chi connectivity index (χ0n) is 26.1. The zero-order valence-corrected chi connectivity index (χ0v) is 29.0. The second-order valence-electron chi connectivity index (χ2n) is 10.8. The van der Waals surface area contributed by atoms with Gasteiger partial charge in [-0.15, -0.1) is 0 Å². The molecule has 0 bridgehead atoms. The van der Waals surface area contributed by atoms with Crippen LogP contribution in [0.25, 0.3) is 11.2 Å². The number of nitrogens with two attached hydrogens (primary N) is 1. The monoisotopic (exact) mass is 621 g/mol. The number of rotatable bonds is 27. The average Bonchev–Trinajstić information content (AvgIpc) is 3.38. The number of aromatic nitrogens is 4. The number of aliphatic hydroxyl groups is 1. The molecule has 2 aromatic rings. The Labute approximate surface area is 274 Å². The fourth-order valence-electron chi connectivity index (χ4n) is 4.74. The van der Waals surface area contributed by atoms with Crippen LogP contribution in [0.3, 0.4) is 0 Å². The minimum Gasteiger partial charge on any atom is -0.777 e. The van der Waals surface area contributed by atoms with Crippen LogP contribution in [0, 0.1) is 0 Å². The second kappa shape index (κ2) is 24.7. The van der Waals surface area contributed by atoms with Crippen molar-refractivity contribution in [3.05, 3.63) is 12.7 Å². The standard InChI is InChI=1S/C29H54N5O6P.Na/c1-2-3-4-5-6-7-8-9-10-11-12-13-14-15-16-17-18-38-19-20-40-41(36,37)25-39-26(22-35)21-34-24-33-27-28(30)31-23-32-29(27)34;/h23-24,26,35H,2-22,25H2,1H3,(H,36,37)(H2,30,31,32);/q;+1/p-1/t26-;/m0./s1. The van der Waals surface area contributed by atoms with Gasteiger partial charge in [0.25, 0.3) is 0 Å². The van der Waals surface area contributed by atoms with E-state index >= 15 is 0 Å². The molecule has 2 heterocycles. The molecule has 0 saturated heterocycles. The maximum Gasteiger partial charge on any atom is 1.00 e. The van der Waals surface area contributed by atoms with Crippen LogP contribution < -0.4 is 40.2 Å². The molecule has 2 aromatic heterocycles. The number of imidazole rings is 1. The minimum absolute atomic E-state index is 0. The van der Waals surface area contributed by atoms with Crippen molar-refractivity contribution >= 4 is 24.6 Å². The van der Waals surface area contributed by atoms with Gasteiger partial charge >= 0.3 is 29.6 Å². The van der Waals surface area contributed by atoms with Gasteiger partial charge in [0.05, 0.1) is 38.8 Å². The molecule has 0 amide bonds. The van der Waals surface area contributed by atoms with Gasteiger partial charge in [0.15, 0.2) is 19.1 Å². The summed E-state index contributed by atoms with van der Waals surface area (Å²) in [6, 6.07) is 0. The predicted molar refractivity (Wildman–Crippen MR) is 160 cm³/mol. The molecule has 42 heavy (non-hydrogen) atoms. The number of unbranched alkanes of at least 4 members (excludes halogenated alkanes) is 15. The van der Waals surface area contributed by atoms with Crippen LogP contribution in [0.15, 0.2) is 12.7 Å². The Kier molecular flexibility index (Phi) is 23.1. The van der Waals surface area contributed by atoms with E-state index in [0.717, 1.165) is 12.8 Å². The van der Waals surface area contributed by atoms with Gasteiger partial charge in [-0.05, 0) is 6.42 Å². The van der Waals surface area contributed by atoms with Gasteiger partial charge < -0.3 is 38.9 Å². The number of nitrogen functional groups attached to an aromatic ring is 1. The first-order chi connectivity index (χ1) is 20.0. The molecule has 0 spiro atoms. The normalized spacial score (nSPS) is 13.7. The quantitative estimate of drug-likeness (QED) is 0.0863. The van der Waals surface area contributed by atoms with E-state index in [1.54, 1.807) is 4.57 Å². The second-order valence-corrected chi connectivity index (χ2v) is 12.5. The number of fused-ring (bicyclic) bond motifs is 1. The molecule has 0 fully saturated rings. The summed E-state index contributed by atoms with van der Waals surface area (Å²) in [6.45, 7) is 2.77. The molecule has 3 N–H and O–H groups in total. The molecule has 0 aliphatic heterocycles. The van der Waals surface area contributed by atoms with E-state index in [9.17, 15) is 14.6 Å². The third-order valence-electron chi connectivity index (χ3n) is 7.16. The topological polar surface area (TPSA) is 158 Å². The number of ether oxygens (including phenoxy) is 2. The molecule has 13 heteroatoms. The van der Waals surface area contributed by atoms with Crippen molar-refractivity contribution in [3.63, 3.8) is 0 Å². The molecule has 11 nitrogen and oxygen atoms in total. The third kappa shape index (κ3) is 17.6. The number of hydrogen-bond donors (Lipinski definition) is 2. The summed E-state index contributed by atoms with van der Waals surface area (Å²) in [7, 11) is -4.23. The molecular formula is C29H53N5NaO6P. The fraction of sp³-hybridized carbons (Fsp3) is 0.828. The first-order valence-corrected chi connectivity index (χ1v) is 17.4. The summed E-state index contributed by atoms with van der Waals surface area (Å²) in [5.74, 6) is 0.240. The Morgan fingerprint density at radius 3 is 2.02 bits per heavy atom. The zero-order chi connectivity index (χ0) is 29.6. The van der Waals surface area contributed by atoms with Gasteiger partial charge in [0, 0.05) is 6.61 Å². The first kappa shape index (κ1) is 39.4. The Hall–Kier alpha value is -0.620. The van der Waals surface area contributed by atoms with Gasteiger partial charge in [-0.1, -0.05) is 103 Å². The molecule has 0 aliphatic rings. The van der Waals surface area contributed by atoms with Crippen LogP contribution in [0.5, 0.6) is 0 Å². The Bertz CT molecular complexity index is 985. The van der Waals surface area contributed by atoms with Crippen molar-refractivity contribution in [2.45, 2.75) is 122 Å². The largest absolute Gasteiger partial charge is 1.00 e. The Morgan fingerprint density at radius 2 is 1.45 bits per heavy atom. The fourth-order valence-corrected chi connectivity index (χ4v) is 5.56. The van der Waals surface area contributed by atoms with Crippen LogP contribution >= 0.6 is 7.60 Å². The number of anilines is 1. The molecule has 2 atom stereocenters. The molecule has 0 aromatic carbocycles. The average molecular weight is 622 g/mol. The van der Waals surface area contributed by atoms with Crippen molar-refractivity contribution in [3.8, 4) is 0 Å². The molecule has 0 radical (unpaired) electrons. The third-order valence-corrected chi connectivity index (χ3v) is 8.20.